The number of carbonyl (C=O) groups is 1. The molecule has 2 fully saturated rings. The van der Waals surface area contributed by atoms with Gasteiger partial charge in [0.15, 0.2) is 0 Å². The maximum Gasteiger partial charge on any atom is 0.254 e. The Morgan fingerprint density at radius 1 is 1.05 bits per heavy atom. The van der Waals surface area contributed by atoms with E-state index in [9.17, 15) is 4.79 Å². The number of hydrogen-bond donors (Lipinski definition) is 2. The first kappa shape index (κ1) is 24.4. The average Bonchev–Trinajstić information content (AvgIpc) is 3.41. The highest BCUT2D eigenvalue weighted by molar-refractivity contribution is 5.95. The summed E-state index contributed by atoms with van der Waals surface area (Å²) in [6.07, 6.45) is 4.12. The zero-order chi connectivity index (χ0) is 26.1. The molecule has 2 N–H and O–H groups in total. The van der Waals surface area contributed by atoms with Crippen LogP contribution in [0.4, 0.5) is 27.8 Å². The highest BCUT2D eigenvalue weighted by atomic mass is 19.1. The summed E-state index contributed by atoms with van der Waals surface area (Å²) >= 11 is 0. The van der Waals surface area contributed by atoms with E-state index < -0.39 is 5.82 Å². The number of fused-ring (bicyclic) bond motifs is 1. The van der Waals surface area contributed by atoms with Crippen LogP contribution in [0.2, 0.25) is 0 Å². The molecule has 11 nitrogen and oxygen atoms in total. The van der Waals surface area contributed by atoms with Crippen molar-refractivity contribution in [1.29, 1.82) is 0 Å². The van der Waals surface area contributed by atoms with E-state index in [0.717, 1.165) is 29.9 Å². The number of amides is 1. The topological polar surface area (TPSA) is 112 Å². The van der Waals surface area contributed by atoms with Gasteiger partial charge in [-0.2, -0.15) is 4.98 Å². The Morgan fingerprint density at radius 3 is 2.53 bits per heavy atom. The zero-order valence-corrected chi connectivity index (χ0v) is 21.3. The van der Waals surface area contributed by atoms with E-state index >= 15 is 4.39 Å². The van der Waals surface area contributed by atoms with Gasteiger partial charge in [0.2, 0.25) is 11.9 Å². The molecule has 0 radical (unpaired) electrons. The number of piperazine rings is 1. The van der Waals surface area contributed by atoms with Crippen LogP contribution in [0.5, 0.6) is 0 Å². The second kappa shape index (κ2) is 10.5. The molecule has 0 unspecified atom stereocenters. The Morgan fingerprint density at radius 2 is 1.82 bits per heavy atom. The van der Waals surface area contributed by atoms with Gasteiger partial charge in [-0.05, 0) is 24.6 Å². The van der Waals surface area contributed by atoms with Crippen LogP contribution in [0.15, 0.2) is 30.6 Å². The Hall–Kier alpha value is -3.90. The van der Waals surface area contributed by atoms with Crippen molar-refractivity contribution in [3.63, 3.8) is 0 Å². The predicted octanol–water partition coefficient (Wildman–Crippen LogP) is 1.69. The van der Waals surface area contributed by atoms with E-state index in [4.69, 9.17) is 14.7 Å². The normalized spacial score (nSPS) is 17.5. The van der Waals surface area contributed by atoms with Gasteiger partial charge in [-0.15, -0.1) is 0 Å². The fourth-order valence-electron chi connectivity index (χ4n) is 5.11. The number of hydrogen-bond acceptors (Lipinski definition) is 10. The number of aromatic nitrogens is 4. The summed E-state index contributed by atoms with van der Waals surface area (Å²) in [5.41, 5.74) is 3.18. The first-order valence-corrected chi connectivity index (χ1v) is 12.9. The Labute approximate surface area is 220 Å². The molecule has 12 heteroatoms. The molecule has 3 aromatic rings. The second-order valence-electron chi connectivity index (χ2n) is 9.43. The summed E-state index contributed by atoms with van der Waals surface area (Å²) in [6.45, 7) is 5.79. The van der Waals surface area contributed by atoms with Gasteiger partial charge >= 0.3 is 0 Å². The summed E-state index contributed by atoms with van der Waals surface area (Å²) in [7, 11) is 1.77. The number of nitrogens with one attached hydrogen (secondary N) is 2. The third-order valence-corrected chi connectivity index (χ3v) is 7.15. The van der Waals surface area contributed by atoms with Gasteiger partial charge in [-0.1, -0.05) is 0 Å². The van der Waals surface area contributed by atoms with Crippen molar-refractivity contribution in [3.8, 4) is 11.3 Å². The zero-order valence-electron chi connectivity index (χ0n) is 21.3. The van der Waals surface area contributed by atoms with Crippen molar-refractivity contribution in [2.24, 2.45) is 0 Å². The molecule has 0 spiro atoms. The van der Waals surface area contributed by atoms with Crippen molar-refractivity contribution >= 4 is 29.3 Å². The number of ether oxygens (including phenoxy) is 1. The Kier molecular flexibility index (Phi) is 6.73. The molecule has 3 aliphatic rings. The fraction of sp³-hybridized carbons (Fsp3) is 0.423. The Balaban J connectivity index is 1.37. The highest BCUT2D eigenvalue weighted by Crippen LogP contribution is 2.40. The first-order chi connectivity index (χ1) is 18.6. The minimum Gasteiger partial charge on any atom is -0.378 e. The highest BCUT2D eigenvalue weighted by Gasteiger charge is 2.31. The molecule has 2 aromatic heterocycles. The predicted molar refractivity (Wildman–Crippen MR) is 142 cm³/mol. The van der Waals surface area contributed by atoms with Crippen LogP contribution < -0.4 is 20.4 Å². The molecular formula is C26H30FN9O2. The van der Waals surface area contributed by atoms with Crippen LogP contribution in [-0.4, -0.2) is 96.8 Å². The number of benzene rings is 1. The lowest BCUT2D eigenvalue weighted by Crippen LogP contribution is -2.46. The second-order valence-corrected chi connectivity index (χ2v) is 9.43. The number of nitrogens with zero attached hydrogens (tertiary/aromatic N) is 7. The van der Waals surface area contributed by atoms with Gasteiger partial charge in [0.1, 0.15) is 11.6 Å². The molecule has 6 rings (SSSR count). The van der Waals surface area contributed by atoms with E-state index in [2.05, 4.69) is 25.5 Å². The Bertz CT molecular complexity index is 1330. The van der Waals surface area contributed by atoms with Gasteiger partial charge < -0.3 is 30.1 Å². The van der Waals surface area contributed by atoms with Gasteiger partial charge in [-0.25, -0.2) is 19.3 Å². The number of anilines is 4. The van der Waals surface area contributed by atoms with Crippen LogP contribution in [0.1, 0.15) is 15.9 Å². The molecule has 2 saturated heterocycles. The van der Waals surface area contributed by atoms with Gasteiger partial charge in [0.05, 0.1) is 24.6 Å². The van der Waals surface area contributed by atoms with E-state index in [1.54, 1.807) is 36.5 Å². The molecule has 0 bridgehead atoms. The first-order valence-electron chi connectivity index (χ1n) is 12.9. The van der Waals surface area contributed by atoms with Crippen molar-refractivity contribution in [2.45, 2.75) is 6.42 Å². The number of rotatable bonds is 5. The van der Waals surface area contributed by atoms with E-state index in [1.165, 1.54) is 6.07 Å². The maximum absolute atomic E-state index is 15.6. The number of halogens is 1. The average molecular weight is 520 g/mol. The van der Waals surface area contributed by atoms with Gasteiger partial charge in [-0.3, -0.25) is 4.79 Å². The van der Waals surface area contributed by atoms with Gasteiger partial charge in [0, 0.05) is 81.9 Å². The van der Waals surface area contributed by atoms with Crippen LogP contribution >= 0.6 is 0 Å². The lowest BCUT2D eigenvalue weighted by Gasteiger charge is -2.29. The molecule has 0 aliphatic carbocycles. The standard InChI is InChI=1S/C26H30FN9O2/c1-28-25-30-15-18(16-31-25)22-19-4-7-36(23(19)33-26(32-22)35-10-12-38-13-11-35)21-3-2-17(14-20(21)27)24(37)34-8-5-29-6-9-34/h2-3,14-16,29H,4-13H2,1H3,(H,28,30,31). The SMILES string of the molecule is CNc1ncc(-c2nc(N3CCOCC3)nc3c2CCN3c2ccc(C(=O)N3CCNCC3)cc2F)cn1. The van der Waals surface area contributed by atoms with E-state index in [1.807, 2.05) is 4.90 Å². The largest absolute Gasteiger partial charge is 0.378 e. The fourth-order valence-corrected chi connectivity index (χ4v) is 5.11. The third-order valence-electron chi connectivity index (χ3n) is 7.15. The van der Waals surface area contributed by atoms with Gasteiger partial charge in [0.25, 0.3) is 5.91 Å². The summed E-state index contributed by atoms with van der Waals surface area (Å²) in [5, 5.41) is 6.16. The number of morpholine rings is 1. The summed E-state index contributed by atoms with van der Waals surface area (Å²) < 4.78 is 21.1. The minimum absolute atomic E-state index is 0.150. The molecule has 198 valence electrons. The third kappa shape index (κ3) is 4.61. The molecule has 1 amide bonds. The molecule has 38 heavy (non-hydrogen) atoms. The molecule has 1 aromatic carbocycles. The van der Waals surface area contributed by atoms with E-state index in [0.29, 0.717) is 81.3 Å². The minimum atomic E-state index is -0.450. The van der Waals surface area contributed by atoms with Crippen molar-refractivity contribution < 1.29 is 13.9 Å². The molecule has 0 atom stereocenters. The lowest BCUT2D eigenvalue weighted by molar-refractivity contribution is 0.0735. The molecule has 0 saturated carbocycles. The summed E-state index contributed by atoms with van der Waals surface area (Å²) in [5.74, 6) is 1.15. The smallest absolute Gasteiger partial charge is 0.254 e. The molecular weight excluding hydrogens is 489 g/mol. The summed E-state index contributed by atoms with van der Waals surface area (Å²) in [4.78, 5) is 37.2. The van der Waals surface area contributed by atoms with Crippen LogP contribution in [0, 0.1) is 5.82 Å². The van der Waals surface area contributed by atoms with Crippen LogP contribution in [0.25, 0.3) is 11.3 Å². The lowest BCUT2D eigenvalue weighted by atomic mass is 10.1. The van der Waals surface area contributed by atoms with Crippen molar-refractivity contribution in [3.05, 3.63) is 47.5 Å². The summed E-state index contributed by atoms with van der Waals surface area (Å²) in [6, 6.07) is 4.73. The quantitative estimate of drug-likeness (QED) is 0.517. The monoisotopic (exact) mass is 519 g/mol. The number of carbonyl (C=O) groups excluding carboxylic acids is 1. The van der Waals surface area contributed by atoms with Crippen molar-refractivity contribution in [2.75, 3.05) is 81.2 Å². The molecule has 3 aliphatic heterocycles. The van der Waals surface area contributed by atoms with Crippen molar-refractivity contribution in [1.82, 2.24) is 30.2 Å². The molecule has 5 heterocycles. The van der Waals surface area contributed by atoms with Crippen LogP contribution in [0.3, 0.4) is 0 Å². The van der Waals surface area contributed by atoms with Crippen LogP contribution in [-0.2, 0) is 11.2 Å². The van der Waals surface area contributed by atoms with E-state index in [-0.39, 0.29) is 5.91 Å². The maximum atomic E-state index is 15.6.